The summed E-state index contributed by atoms with van der Waals surface area (Å²) in [6, 6.07) is 0. The van der Waals surface area contributed by atoms with Crippen molar-refractivity contribution >= 4 is 17.2 Å². The van der Waals surface area contributed by atoms with Crippen molar-refractivity contribution < 1.29 is 4.79 Å². The van der Waals surface area contributed by atoms with Crippen LogP contribution in [0.2, 0.25) is 0 Å². The molecule has 5 heteroatoms. The summed E-state index contributed by atoms with van der Waals surface area (Å²) >= 11 is 1.51. The summed E-state index contributed by atoms with van der Waals surface area (Å²) in [5.41, 5.74) is 0.871. The Morgan fingerprint density at radius 2 is 1.94 bits per heavy atom. The molecule has 0 atom stereocenters. The molecule has 1 aliphatic rings. The predicted molar refractivity (Wildman–Crippen MR) is 69.6 cm³/mol. The van der Waals surface area contributed by atoms with Crippen LogP contribution in [0.15, 0.2) is 0 Å². The second-order valence-corrected chi connectivity index (χ2v) is 5.58. The Morgan fingerprint density at radius 3 is 2.41 bits per heavy atom. The Bertz CT molecular complexity index is 408. The zero-order valence-corrected chi connectivity index (χ0v) is 11.5. The molecule has 1 amide bonds. The summed E-state index contributed by atoms with van der Waals surface area (Å²) in [5.74, 6) is 0.156. The molecule has 0 bridgehead atoms. The lowest BCUT2D eigenvalue weighted by Crippen LogP contribution is -2.48. The molecule has 0 saturated carbocycles. The number of aryl methyl sites for hydroxylation is 2. The summed E-state index contributed by atoms with van der Waals surface area (Å²) in [6.45, 7) is 10.7. The van der Waals surface area contributed by atoms with Crippen LogP contribution in [0.1, 0.15) is 27.3 Å². The van der Waals surface area contributed by atoms with Crippen molar-refractivity contribution in [2.45, 2.75) is 20.8 Å². The van der Waals surface area contributed by atoms with E-state index in [1.807, 2.05) is 18.7 Å². The van der Waals surface area contributed by atoms with Gasteiger partial charge in [-0.2, -0.15) is 0 Å². The van der Waals surface area contributed by atoms with Crippen molar-refractivity contribution in [3.63, 3.8) is 0 Å². The first-order chi connectivity index (χ1) is 8.11. The molecule has 0 unspecified atom stereocenters. The molecule has 1 aromatic heterocycles. The molecule has 1 saturated heterocycles. The van der Waals surface area contributed by atoms with E-state index in [0.717, 1.165) is 48.3 Å². The maximum absolute atomic E-state index is 12.3. The predicted octanol–water partition coefficient (Wildman–Crippen LogP) is 1.54. The number of amides is 1. The third-order valence-electron chi connectivity index (χ3n) is 3.20. The highest BCUT2D eigenvalue weighted by Crippen LogP contribution is 2.19. The number of likely N-dealkylation sites (N-methyl/N-ethyl adjacent to an activating group) is 1. The van der Waals surface area contributed by atoms with Gasteiger partial charge in [0.2, 0.25) is 0 Å². The molecule has 1 fully saturated rings. The zero-order valence-electron chi connectivity index (χ0n) is 10.7. The first-order valence-electron chi connectivity index (χ1n) is 6.07. The van der Waals surface area contributed by atoms with Crippen LogP contribution in [0.25, 0.3) is 0 Å². The first-order valence-corrected chi connectivity index (χ1v) is 6.89. The van der Waals surface area contributed by atoms with E-state index in [9.17, 15) is 4.79 Å². The van der Waals surface area contributed by atoms with Crippen LogP contribution in [-0.4, -0.2) is 53.4 Å². The van der Waals surface area contributed by atoms with Gasteiger partial charge in [-0.15, -0.1) is 11.3 Å². The van der Waals surface area contributed by atoms with Gasteiger partial charge in [0.1, 0.15) is 4.88 Å². The second-order valence-electron chi connectivity index (χ2n) is 4.37. The fraction of sp³-hybridized carbons (Fsp3) is 0.667. The van der Waals surface area contributed by atoms with Gasteiger partial charge < -0.3 is 9.80 Å². The fourth-order valence-electron chi connectivity index (χ4n) is 2.14. The second kappa shape index (κ2) is 5.14. The maximum Gasteiger partial charge on any atom is 0.265 e. The number of carbonyl (C=O) groups is 1. The van der Waals surface area contributed by atoms with Crippen molar-refractivity contribution in [1.29, 1.82) is 0 Å². The number of nitrogens with zero attached hydrogens (tertiary/aromatic N) is 3. The van der Waals surface area contributed by atoms with E-state index in [-0.39, 0.29) is 5.91 Å². The number of aromatic nitrogens is 1. The number of hydrogen-bond donors (Lipinski definition) is 0. The monoisotopic (exact) mass is 253 g/mol. The van der Waals surface area contributed by atoms with Gasteiger partial charge in [-0.25, -0.2) is 4.98 Å². The zero-order chi connectivity index (χ0) is 12.4. The molecule has 2 heterocycles. The van der Waals surface area contributed by atoms with Crippen LogP contribution in [0.4, 0.5) is 0 Å². The van der Waals surface area contributed by atoms with Gasteiger partial charge in [0, 0.05) is 26.2 Å². The third kappa shape index (κ3) is 2.66. The maximum atomic E-state index is 12.3. The van der Waals surface area contributed by atoms with Gasteiger partial charge >= 0.3 is 0 Å². The Morgan fingerprint density at radius 1 is 1.29 bits per heavy atom. The molecule has 4 nitrogen and oxygen atoms in total. The van der Waals surface area contributed by atoms with E-state index in [1.54, 1.807) is 0 Å². The van der Waals surface area contributed by atoms with Crippen molar-refractivity contribution in [3.8, 4) is 0 Å². The molecule has 1 aliphatic heterocycles. The van der Waals surface area contributed by atoms with Crippen LogP contribution in [-0.2, 0) is 0 Å². The van der Waals surface area contributed by atoms with Crippen LogP contribution in [0.5, 0.6) is 0 Å². The minimum atomic E-state index is 0.156. The number of piperazine rings is 1. The minimum absolute atomic E-state index is 0.156. The van der Waals surface area contributed by atoms with Crippen LogP contribution < -0.4 is 0 Å². The van der Waals surface area contributed by atoms with Crippen LogP contribution in [0.3, 0.4) is 0 Å². The van der Waals surface area contributed by atoms with Gasteiger partial charge in [0.05, 0.1) is 10.7 Å². The van der Waals surface area contributed by atoms with E-state index < -0.39 is 0 Å². The number of hydrogen-bond acceptors (Lipinski definition) is 4. The fourth-order valence-corrected chi connectivity index (χ4v) is 3.03. The van der Waals surface area contributed by atoms with E-state index >= 15 is 0 Å². The molecular formula is C12H19N3OS. The smallest absolute Gasteiger partial charge is 0.265 e. The number of rotatable bonds is 2. The molecule has 0 aliphatic carbocycles. The van der Waals surface area contributed by atoms with Crippen molar-refractivity contribution in [2.75, 3.05) is 32.7 Å². The Hall–Kier alpha value is -0.940. The lowest BCUT2D eigenvalue weighted by molar-refractivity contribution is 0.0647. The van der Waals surface area contributed by atoms with Crippen LogP contribution >= 0.6 is 11.3 Å². The molecule has 0 N–H and O–H groups in total. The Balaban J connectivity index is 2.04. The number of carbonyl (C=O) groups excluding carboxylic acids is 1. The van der Waals surface area contributed by atoms with E-state index in [4.69, 9.17) is 0 Å². The Kier molecular flexibility index (Phi) is 3.79. The average molecular weight is 253 g/mol. The minimum Gasteiger partial charge on any atom is -0.335 e. The van der Waals surface area contributed by atoms with Gasteiger partial charge in [-0.05, 0) is 20.4 Å². The van der Waals surface area contributed by atoms with E-state index in [2.05, 4.69) is 16.8 Å². The molecule has 1 aromatic rings. The largest absolute Gasteiger partial charge is 0.335 e. The highest BCUT2D eigenvalue weighted by molar-refractivity contribution is 7.13. The van der Waals surface area contributed by atoms with Gasteiger partial charge in [0.25, 0.3) is 5.91 Å². The summed E-state index contributed by atoms with van der Waals surface area (Å²) < 4.78 is 0. The van der Waals surface area contributed by atoms with E-state index in [1.165, 1.54) is 11.3 Å². The molecule has 0 radical (unpaired) electrons. The first kappa shape index (κ1) is 12.5. The highest BCUT2D eigenvalue weighted by atomic mass is 32.1. The summed E-state index contributed by atoms with van der Waals surface area (Å²) in [7, 11) is 0. The molecule has 0 spiro atoms. The quantitative estimate of drug-likeness (QED) is 0.802. The normalized spacial score (nSPS) is 17.5. The summed E-state index contributed by atoms with van der Waals surface area (Å²) in [6.07, 6.45) is 0. The van der Waals surface area contributed by atoms with Crippen molar-refractivity contribution in [3.05, 3.63) is 15.6 Å². The summed E-state index contributed by atoms with van der Waals surface area (Å²) in [5, 5.41) is 0.970. The third-order valence-corrected chi connectivity index (χ3v) is 4.27. The van der Waals surface area contributed by atoms with E-state index in [0.29, 0.717) is 0 Å². The number of thiazole rings is 1. The SMILES string of the molecule is CCN1CCN(C(=O)c2sc(C)nc2C)CC1. The lowest BCUT2D eigenvalue weighted by atomic mass is 10.2. The standard InChI is InChI=1S/C12H19N3OS/c1-4-14-5-7-15(8-6-14)12(16)11-9(2)13-10(3)17-11/h4-8H2,1-3H3. The molecule has 0 aromatic carbocycles. The molecular weight excluding hydrogens is 234 g/mol. The molecule has 94 valence electrons. The molecule has 17 heavy (non-hydrogen) atoms. The topological polar surface area (TPSA) is 36.4 Å². The van der Waals surface area contributed by atoms with Crippen molar-refractivity contribution in [2.24, 2.45) is 0 Å². The Labute approximate surface area is 106 Å². The van der Waals surface area contributed by atoms with Crippen LogP contribution in [0, 0.1) is 13.8 Å². The molecule has 2 rings (SSSR count). The highest BCUT2D eigenvalue weighted by Gasteiger charge is 2.24. The lowest BCUT2D eigenvalue weighted by Gasteiger charge is -2.33. The average Bonchev–Trinajstić information content (AvgIpc) is 2.68. The van der Waals surface area contributed by atoms with Gasteiger partial charge in [-0.3, -0.25) is 4.79 Å². The van der Waals surface area contributed by atoms with Gasteiger partial charge in [0.15, 0.2) is 0 Å². The summed E-state index contributed by atoms with van der Waals surface area (Å²) in [4.78, 5) is 21.8. The van der Waals surface area contributed by atoms with Crippen molar-refractivity contribution in [1.82, 2.24) is 14.8 Å². The van der Waals surface area contributed by atoms with Gasteiger partial charge in [-0.1, -0.05) is 6.92 Å².